The lowest BCUT2D eigenvalue weighted by Gasteiger charge is -2.18. The first-order chi connectivity index (χ1) is 18.1. The smallest absolute Gasteiger partial charge is 0.280 e. The predicted molar refractivity (Wildman–Crippen MR) is 143 cm³/mol. The largest absolute Gasteiger partial charge is 0.497 e. The molecular weight excluding hydrogens is 466 g/mol. The van der Waals surface area contributed by atoms with Gasteiger partial charge in [-0.25, -0.2) is 4.68 Å². The van der Waals surface area contributed by atoms with Crippen molar-refractivity contribution in [2.75, 3.05) is 14.2 Å². The quantitative estimate of drug-likeness (QED) is 0.356. The predicted octanol–water partition coefficient (Wildman–Crippen LogP) is 4.93. The van der Waals surface area contributed by atoms with Crippen LogP contribution in [0.2, 0.25) is 0 Å². The molecule has 1 saturated carbocycles. The molecule has 0 saturated heterocycles. The first-order valence-electron chi connectivity index (χ1n) is 12.3. The van der Waals surface area contributed by atoms with Gasteiger partial charge in [0.15, 0.2) is 0 Å². The van der Waals surface area contributed by atoms with Gasteiger partial charge in [0.2, 0.25) is 0 Å². The van der Waals surface area contributed by atoms with Gasteiger partial charge in [-0.1, -0.05) is 42.5 Å². The van der Waals surface area contributed by atoms with E-state index in [0.29, 0.717) is 47.3 Å². The van der Waals surface area contributed by atoms with Gasteiger partial charge in [0.1, 0.15) is 17.1 Å². The van der Waals surface area contributed by atoms with E-state index in [1.165, 1.54) is 4.68 Å². The molecule has 1 fully saturated rings. The molecule has 1 aliphatic rings. The summed E-state index contributed by atoms with van der Waals surface area (Å²) in [7, 11) is 3.21. The van der Waals surface area contributed by atoms with E-state index in [-0.39, 0.29) is 11.1 Å². The van der Waals surface area contributed by atoms with Crippen molar-refractivity contribution in [2.45, 2.75) is 25.9 Å². The Morgan fingerprint density at radius 3 is 2.05 bits per heavy atom. The molecule has 0 atom stereocenters. The van der Waals surface area contributed by atoms with Crippen molar-refractivity contribution >= 4 is 5.91 Å². The summed E-state index contributed by atoms with van der Waals surface area (Å²) in [6.45, 7) is 0.799. The van der Waals surface area contributed by atoms with Crippen molar-refractivity contribution in [3.63, 3.8) is 0 Å². The zero-order valence-electron chi connectivity index (χ0n) is 20.9. The van der Waals surface area contributed by atoms with Crippen molar-refractivity contribution < 1.29 is 14.3 Å². The van der Waals surface area contributed by atoms with E-state index in [1.54, 1.807) is 14.2 Å². The molecule has 37 heavy (non-hydrogen) atoms. The van der Waals surface area contributed by atoms with Crippen LogP contribution in [0.3, 0.4) is 0 Å². The van der Waals surface area contributed by atoms with Crippen molar-refractivity contribution in [1.29, 1.82) is 0 Å². The molecule has 7 heteroatoms. The van der Waals surface area contributed by atoms with Crippen molar-refractivity contribution in [3.05, 3.63) is 100 Å². The third-order valence-electron chi connectivity index (χ3n) is 6.55. The van der Waals surface area contributed by atoms with Crippen LogP contribution in [-0.4, -0.2) is 29.9 Å². The molecule has 0 radical (unpaired) electrons. The second-order valence-corrected chi connectivity index (χ2v) is 9.15. The van der Waals surface area contributed by atoms with Gasteiger partial charge in [-0.3, -0.25) is 9.59 Å². The lowest BCUT2D eigenvalue weighted by Crippen LogP contribution is -2.36. The van der Waals surface area contributed by atoms with Crippen molar-refractivity contribution in [1.82, 2.24) is 15.1 Å². The van der Waals surface area contributed by atoms with Crippen LogP contribution in [0.15, 0.2) is 83.7 Å². The van der Waals surface area contributed by atoms with Crippen LogP contribution >= 0.6 is 0 Å². The summed E-state index contributed by atoms with van der Waals surface area (Å²) < 4.78 is 12.1. The second kappa shape index (κ2) is 10.7. The fourth-order valence-electron chi connectivity index (χ4n) is 4.31. The van der Waals surface area contributed by atoms with Gasteiger partial charge >= 0.3 is 0 Å². The number of ether oxygens (including phenoxy) is 2. The summed E-state index contributed by atoms with van der Waals surface area (Å²) in [5, 5.41) is 7.77. The number of benzene rings is 3. The summed E-state index contributed by atoms with van der Waals surface area (Å²) in [6, 6.07) is 24.4. The number of hydrogen-bond donors (Lipinski definition) is 1. The number of rotatable bonds is 9. The van der Waals surface area contributed by atoms with Crippen LogP contribution in [0.5, 0.6) is 11.5 Å². The third-order valence-corrected chi connectivity index (χ3v) is 6.55. The normalized spacial score (nSPS) is 12.7. The Balaban J connectivity index is 1.68. The number of methoxy groups -OCH3 is 2. The minimum absolute atomic E-state index is 0.0857. The average Bonchev–Trinajstić information content (AvgIpc) is 3.77. The van der Waals surface area contributed by atoms with Crippen LogP contribution in [-0.2, 0) is 13.1 Å². The summed E-state index contributed by atoms with van der Waals surface area (Å²) >= 11 is 0. The highest BCUT2D eigenvalue weighted by molar-refractivity contribution is 6.03. The number of nitrogens with zero attached hydrogens (tertiary/aromatic N) is 2. The van der Waals surface area contributed by atoms with E-state index in [2.05, 4.69) is 5.32 Å². The van der Waals surface area contributed by atoms with Crippen LogP contribution in [0, 0.1) is 5.92 Å². The first kappa shape index (κ1) is 24.3. The van der Waals surface area contributed by atoms with E-state index in [1.807, 2.05) is 78.9 Å². The van der Waals surface area contributed by atoms with E-state index in [9.17, 15) is 9.59 Å². The molecule has 0 spiro atoms. The zero-order chi connectivity index (χ0) is 25.8. The minimum atomic E-state index is -0.429. The monoisotopic (exact) mass is 495 g/mol. The van der Waals surface area contributed by atoms with Crippen LogP contribution in [0.1, 0.15) is 28.8 Å². The van der Waals surface area contributed by atoms with Crippen molar-refractivity contribution in [2.24, 2.45) is 5.92 Å². The Hall–Kier alpha value is -4.39. The minimum Gasteiger partial charge on any atom is -0.497 e. The molecule has 1 heterocycles. The van der Waals surface area contributed by atoms with Gasteiger partial charge in [0.05, 0.1) is 19.9 Å². The maximum absolute atomic E-state index is 13.8. The van der Waals surface area contributed by atoms with Crippen LogP contribution in [0.25, 0.3) is 22.4 Å². The molecule has 1 amide bonds. The van der Waals surface area contributed by atoms with E-state index < -0.39 is 5.91 Å². The van der Waals surface area contributed by atoms with Gasteiger partial charge in [-0.2, -0.15) is 5.10 Å². The maximum Gasteiger partial charge on any atom is 0.280 e. The first-order valence-corrected chi connectivity index (χ1v) is 12.3. The van der Waals surface area contributed by atoms with Crippen LogP contribution < -0.4 is 20.3 Å². The molecule has 1 aromatic heterocycles. The Morgan fingerprint density at radius 2 is 1.49 bits per heavy atom. The molecule has 188 valence electrons. The topological polar surface area (TPSA) is 82.5 Å². The lowest BCUT2D eigenvalue weighted by molar-refractivity contribution is 0.0949. The molecule has 1 N–H and O–H groups in total. The molecule has 3 aromatic carbocycles. The molecule has 0 aliphatic heterocycles. The Labute approximate surface area is 215 Å². The average molecular weight is 496 g/mol. The third kappa shape index (κ3) is 5.40. The number of carbonyl (C=O) groups is 1. The van der Waals surface area contributed by atoms with Crippen LogP contribution in [0.4, 0.5) is 0 Å². The Bertz CT molecular complexity index is 1440. The molecule has 4 aromatic rings. The Kier molecular flexibility index (Phi) is 7.03. The van der Waals surface area contributed by atoms with E-state index >= 15 is 0 Å². The number of nitrogens with one attached hydrogen (secondary N) is 1. The van der Waals surface area contributed by atoms with Gasteiger partial charge < -0.3 is 14.8 Å². The fourth-order valence-corrected chi connectivity index (χ4v) is 4.31. The zero-order valence-corrected chi connectivity index (χ0v) is 20.9. The fraction of sp³-hybridized carbons (Fsp3) is 0.233. The molecule has 0 unspecified atom stereocenters. The van der Waals surface area contributed by atoms with Gasteiger partial charge in [0, 0.05) is 24.2 Å². The van der Waals surface area contributed by atoms with E-state index in [4.69, 9.17) is 14.6 Å². The molecule has 7 nitrogen and oxygen atoms in total. The molecule has 5 rings (SSSR count). The van der Waals surface area contributed by atoms with Crippen molar-refractivity contribution in [3.8, 4) is 33.9 Å². The standard InChI is InChI=1S/C30H29N3O4/c1-36-24-14-10-22(11-15-24)26-27(29(34)31-18-20-6-4-3-5-7-20)30(35)33(19-21-8-9-21)32-28(26)23-12-16-25(37-2)17-13-23/h3-7,10-17,21H,8-9,18-19H2,1-2H3,(H,31,34). The molecular formula is C30H29N3O4. The maximum atomic E-state index is 13.8. The van der Waals surface area contributed by atoms with Gasteiger partial charge in [0.25, 0.3) is 11.5 Å². The highest BCUT2D eigenvalue weighted by atomic mass is 16.5. The number of aromatic nitrogens is 2. The summed E-state index contributed by atoms with van der Waals surface area (Å²) in [5.74, 6) is 1.36. The number of amides is 1. The molecule has 0 bridgehead atoms. The van der Waals surface area contributed by atoms with Gasteiger partial charge in [-0.05, 0) is 66.3 Å². The SMILES string of the molecule is COc1ccc(-c2nn(CC3CC3)c(=O)c(C(=O)NCc3ccccc3)c2-c2ccc(OC)cc2)cc1. The highest BCUT2D eigenvalue weighted by Gasteiger charge is 2.28. The molecule has 1 aliphatic carbocycles. The lowest BCUT2D eigenvalue weighted by atomic mass is 9.94. The second-order valence-electron chi connectivity index (χ2n) is 9.15. The summed E-state index contributed by atoms with van der Waals surface area (Å²) in [5.41, 5.74) is 3.20. The number of carbonyl (C=O) groups excluding carboxylic acids is 1. The Morgan fingerprint density at radius 1 is 0.892 bits per heavy atom. The highest BCUT2D eigenvalue weighted by Crippen LogP contribution is 2.35. The van der Waals surface area contributed by atoms with E-state index in [0.717, 1.165) is 24.0 Å². The number of hydrogen-bond acceptors (Lipinski definition) is 5. The van der Waals surface area contributed by atoms with Gasteiger partial charge in [-0.15, -0.1) is 0 Å². The summed E-state index contributed by atoms with van der Waals surface area (Å²) in [6.07, 6.45) is 2.11. The summed E-state index contributed by atoms with van der Waals surface area (Å²) in [4.78, 5) is 27.5.